The average Bonchev–Trinajstić information content (AvgIpc) is 2.64. The number of rotatable bonds is 1. The molecule has 0 spiro atoms. The Morgan fingerprint density at radius 3 is 3.07 bits per heavy atom. The van der Waals surface area contributed by atoms with Crippen LogP contribution in [0.25, 0.3) is 11.0 Å². The van der Waals surface area contributed by atoms with Crippen molar-refractivity contribution in [1.82, 2.24) is 5.32 Å². The highest BCUT2D eigenvalue weighted by atomic mass is 16.5. The SMILES string of the molecule is CNC(=O)Oc1ccc2occc2c1. The second-order valence-corrected chi connectivity index (χ2v) is 2.76. The zero-order valence-corrected chi connectivity index (χ0v) is 7.61. The molecule has 0 saturated heterocycles. The smallest absolute Gasteiger partial charge is 0.412 e. The summed E-state index contributed by atoms with van der Waals surface area (Å²) in [4.78, 5) is 10.9. The molecule has 0 bridgehead atoms. The van der Waals surface area contributed by atoms with Crippen molar-refractivity contribution in [2.45, 2.75) is 0 Å². The summed E-state index contributed by atoms with van der Waals surface area (Å²) in [6, 6.07) is 6.99. The first-order chi connectivity index (χ1) is 6.79. The highest BCUT2D eigenvalue weighted by Gasteiger charge is 2.03. The van der Waals surface area contributed by atoms with Crippen LogP contribution in [0, 0.1) is 0 Å². The monoisotopic (exact) mass is 191 g/mol. The van der Waals surface area contributed by atoms with Gasteiger partial charge in [-0.05, 0) is 24.3 Å². The van der Waals surface area contributed by atoms with Gasteiger partial charge < -0.3 is 14.5 Å². The molecule has 0 atom stereocenters. The van der Waals surface area contributed by atoms with Gasteiger partial charge in [-0.3, -0.25) is 0 Å². The molecule has 0 aliphatic rings. The van der Waals surface area contributed by atoms with Crippen LogP contribution >= 0.6 is 0 Å². The van der Waals surface area contributed by atoms with Crippen LogP contribution in [-0.4, -0.2) is 13.1 Å². The van der Waals surface area contributed by atoms with E-state index in [2.05, 4.69) is 5.32 Å². The Bertz CT molecular complexity index is 461. The van der Waals surface area contributed by atoms with E-state index >= 15 is 0 Å². The standard InChI is InChI=1S/C10H9NO3/c1-11-10(12)14-8-2-3-9-7(6-8)4-5-13-9/h2-6H,1H3,(H,11,12). The first-order valence-electron chi connectivity index (χ1n) is 4.16. The van der Waals surface area contributed by atoms with Gasteiger partial charge in [-0.2, -0.15) is 0 Å². The minimum Gasteiger partial charge on any atom is -0.464 e. The van der Waals surface area contributed by atoms with Gasteiger partial charge in [0.15, 0.2) is 0 Å². The predicted octanol–water partition coefficient (Wildman–Crippen LogP) is 2.15. The number of nitrogens with one attached hydrogen (secondary N) is 1. The molecular weight excluding hydrogens is 182 g/mol. The van der Waals surface area contributed by atoms with E-state index < -0.39 is 6.09 Å². The number of carbonyl (C=O) groups excluding carboxylic acids is 1. The van der Waals surface area contributed by atoms with E-state index in [1.165, 1.54) is 7.05 Å². The van der Waals surface area contributed by atoms with Gasteiger partial charge in [0.2, 0.25) is 0 Å². The molecule has 1 aromatic carbocycles. The van der Waals surface area contributed by atoms with Gasteiger partial charge in [0.05, 0.1) is 6.26 Å². The van der Waals surface area contributed by atoms with Crippen LogP contribution in [0.5, 0.6) is 5.75 Å². The molecule has 0 radical (unpaired) electrons. The molecule has 0 aliphatic carbocycles. The number of hydrogen-bond donors (Lipinski definition) is 1. The van der Waals surface area contributed by atoms with Crippen molar-refractivity contribution in [3.63, 3.8) is 0 Å². The normalized spacial score (nSPS) is 10.1. The lowest BCUT2D eigenvalue weighted by atomic mass is 10.2. The molecule has 0 saturated carbocycles. The maximum absolute atomic E-state index is 10.9. The fourth-order valence-electron chi connectivity index (χ4n) is 1.17. The van der Waals surface area contributed by atoms with Gasteiger partial charge in [-0.1, -0.05) is 0 Å². The Labute approximate surface area is 80.5 Å². The Morgan fingerprint density at radius 1 is 1.43 bits per heavy atom. The summed E-state index contributed by atoms with van der Waals surface area (Å²) in [5, 5.41) is 3.28. The van der Waals surface area contributed by atoms with E-state index in [4.69, 9.17) is 9.15 Å². The van der Waals surface area contributed by atoms with Gasteiger partial charge in [-0.15, -0.1) is 0 Å². The van der Waals surface area contributed by atoms with E-state index in [-0.39, 0.29) is 0 Å². The van der Waals surface area contributed by atoms with Crippen molar-refractivity contribution in [2.75, 3.05) is 7.05 Å². The number of ether oxygens (including phenoxy) is 1. The predicted molar refractivity (Wildman–Crippen MR) is 51.3 cm³/mol. The zero-order valence-electron chi connectivity index (χ0n) is 7.61. The fraction of sp³-hybridized carbons (Fsp3) is 0.100. The molecule has 2 aromatic rings. The van der Waals surface area contributed by atoms with Crippen LogP contribution in [0.4, 0.5) is 4.79 Å². The summed E-state index contributed by atoms with van der Waals surface area (Å²) in [5.41, 5.74) is 0.772. The molecule has 1 heterocycles. The van der Waals surface area contributed by atoms with E-state index in [1.54, 1.807) is 24.5 Å². The second kappa shape index (κ2) is 3.41. The molecule has 0 fully saturated rings. The molecule has 1 aromatic heterocycles. The molecule has 14 heavy (non-hydrogen) atoms. The minimum absolute atomic E-state index is 0.479. The average molecular weight is 191 g/mol. The maximum atomic E-state index is 10.9. The van der Waals surface area contributed by atoms with Gasteiger partial charge in [0.1, 0.15) is 11.3 Å². The van der Waals surface area contributed by atoms with Crippen molar-refractivity contribution >= 4 is 17.1 Å². The third-order valence-corrected chi connectivity index (χ3v) is 1.84. The van der Waals surface area contributed by atoms with Gasteiger partial charge in [0, 0.05) is 12.4 Å². The summed E-state index contributed by atoms with van der Waals surface area (Å²) in [6.45, 7) is 0. The summed E-state index contributed by atoms with van der Waals surface area (Å²) in [7, 11) is 1.51. The molecule has 4 nitrogen and oxygen atoms in total. The summed E-state index contributed by atoms with van der Waals surface area (Å²) in [6.07, 6.45) is 1.11. The third-order valence-electron chi connectivity index (χ3n) is 1.84. The van der Waals surface area contributed by atoms with Crippen molar-refractivity contribution in [2.24, 2.45) is 0 Å². The quantitative estimate of drug-likeness (QED) is 0.751. The largest absolute Gasteiger partial charge is 0.464 e. The Morgan fingerprint density at radius 2 is 2.29 bits per heavy atom. The molecule has 1 amide bonds. The van der Waals surface area contributed by atoms with Gasteiger partial charge >= 0.3 is 6.09 Å². The van der Waals surface area contributed by atoms with E-state index in [0.29, 0.717) is 5.75 Å². The molecule has 2 rings (SSSR count). The molecule has 0 unspecified atom stereocenters. The number of amides is 1. The van der Waals surface area contributed by atoms with Crippen molar-refractivity contribution in [1.29, 1.82) is 0 Å². The van der Waals surface area contributed by atoms with Crippen LogP contribution in [0.2, 0.25) is 0 Å². The van der Waals surface area contributed by atoms with Crippen LogP contribution in [0.3, 0.4) is 0 Å². The lowest BCUT2D eigenvalue weighted by Gasteiger charge is -2.02. The fourth-order valence-corrected chi connectivity index (χ4v) is 1.17. The van der Waals surface area contributed by atoms with Crippen LogP contribution in [0.15, 0.2) is 34.9 Å². The third kappa shape index (κ3) is 1.54. The lowest BCUT2D eigenvalue weighted by molar-refractivity contribution is 0.203. The highest BCUT2D eigenvalue weighted by molar-refractivity contribution is 5.80. The lowest BCUT2D eigenvalue weighted by Crippen LogP contribution is -2.21. The highest BCUT2D eigenvalue weighted by Crippen LogP contribution is 2.21. The van der Waals surface area contributed by atoms with E-state index in [9.17, 15) is 4.79 Å². The molecule has 4 heteroatoms. The summed E-state index contributed by atoms with van der Waals surface area (Å²) < 4.78 is 10.1. The molecular formula is C10H9NO3. The Balaban J connectivity index is 2.30. The first kappa shape index (κ1) is 8.62. The number of carbonyl (C=O) groups is 1. The number of fused-ring (bicyclic) bond motifs is 1. The second-order valence-electron chi connectivity index (χ2n) is 2.76. The topological polar surface area (TPSA) is 51.5 Å². The van der Waals surface area contributed by atoms with Crippen molar-refractivity contribution in [3.8, 4) is 5.75 Å². The molecule has 72 valence electrons. The van der Waals surface area contributed by atoms with Gasteiger partial charge in [-0.25, -0.2) is 4.79 Å². The Kier molecular flexibility index (Phi) is 2.10. The zero-order chi connectivity index (χ0) is 9.97. The number of furan rings is 1. The first-order valence-corrected chi connectivity index (χ1v) is 4.16. The minimum atomic E-state index is -0.479. The van der Waals surface area contributed by atoms with Crippen LogP contribution in [0.1, 0.15) is 0 Å². The number of benzene rings is 1. The van der Waals surface area contributed by atoms with E-state index in [1.807, 2.05) is 6.07 Å². The van der Waals surface area contributed by atoms with Crippen LogP contribution in [-0.2, 0) is 0 Å². The van der Waals surface area contributed by atoms with Crippen molar-refractivity contribution in [3.05, 3.63) is 30.5 Å². The Hall–Kier alpha value is -1.97. The van der Waals surface area contributed by atoms with Crippen LogP contribution < -0.4 is 10.1 Å². The molecule has 1 N–H and O–H groups in total. The van der Waals surface area contributed by atoms with Crippen molar-refractivity contribution < 1.29 is 13.9 Å². The number of hydrogen-bond acceptors (Lipinski definition) is 3. The maximum Gasteiger partial charge on any atom is 0.412 e. The summed E-state index contributed by atoms with van der Waals surface area (Å²) in [5.74, 6) is 0.498. The molecule has 0 aliphatic heterocycles. The van der Waals surface area contributed by atoms with Gasteiger partial charge in [0.25, 0.3) is 0 Å². The summed E-state index contributed by atoms with van der Waals surface area (Å²) >= 11 is 0. The van der Waals surface area contributed by atoms with E-state index in [0.717, 1.165) is 11.0 Å².